The van der Waals surface area contributed by atoms with Gasteiger partial charge in [-0.25, -0.2) is 4.79 Å². The molecule has 2 heterocycles. The SMILES string of the molecule is CCC[C@@H](S)C(=O)NC1(C(=O)NC(Cc2ccc(-c3ccsc3)nc2)C(=O)O)CCCC1. The second kappa shape index (κ2) is 11.0. The smallest absolute Gasteiger partial charge is 0.326 e. The average Bonchev–Trinajstić information content (AvgIpc) is 3.47. The normalized spacial score (nSPS) is 16.8. The topological polar surface area (TPSA) is 108 Å². The second-order valence-corrected chi connectivity index (χ2v) is 9.62. The van der Waals surface area contributed by atoms with E-state index < -0.39 is 28.7 Å². The second-order valence-electron chi connectivity index (χ2n) is 8.22. The molecule has 3 rings (SSSR count). The highest BCUT2D eigenvalue weighted by molar-refractivity contribution is 7.81. The van der Waals surface area contributed by atoms with Gasteiger partial charge >= 0.3 is 5.97 Å². The number of carbonyl (C=O) groups is 3. The number of nitrogens with zero attached hydrogens (tertiary/aromatic N) is 1. The zero-order chi connectivity index (χ0) is 23.1. The number of carboxylic acids is 1. The fourth-order valence-electron chi connectivity index (χ4n) is 3.97. The highest BCUT2D eigenvalue weighted by Crippen LogP contribution is 2.31. The Labute approximate surface area is 197 Å². The fourth-order valence-corrected chi connectivity index (χ4v) is 4.94. The van der Waals surface area contributed by atoms with Crippen LogP contribution in [0.3, 0.4) is 0 Å². The molecule has 2 aromatic rings. The van der Waals surface area contributed by atoms with E-state index in [1.54, 1.807) is 17.5 Å². The minimum atomic E-state index is -1.13. The summed E-state index contributed by atoms with van der Waals surface area (Å²) in [6.45, 7) is 1.97. The molecule has 32 heavy (non-hydrogen) atoms. The van der Waals surface area contributed by atoms with E-state index in [0.29, 0.717) is 24.8 Å². The molecule has 1 unspecified atom stereocenters. The number of pyridine rings is 1. The number of hydrogen-bond donors (Lipinski definition) is 4. The van der Waals surface area contributed by atoms with Gasteiger partial charge in [0.25, 0.3) is 0 Å². The minimum Gasteiger partial charge on any atom is -0.480 e. The number of carboxylic acid groups (broad SMARTS) is 1. The van der Waals surface area contributed by atoms with Crippen LogP contribution < -0.4 is 10.6 Å². The van der Waals surface area contributed by atoms with Crippen molar-refractivity contribution in [2.75, 3.05) is 0 Å². The van der Waals surface area contributed by atoms with Gasteiger partial charge in [-0.3, -0.25) is 14.6 Å². The van der Waals surface area contributed by atoms with Crippen LogP contribution in [0.15, 0.2) is 35.2 Å². The Hall–Kier alpha value is -2.39. The summed E-state index contributed by atoms with van der Waals surface area (Å²) in [6.07, 6.45) is 5.72. The third-order valence-electron chi connectivity index (χ3n) is 5.80. The summed E-state index contributed by atoms with van der Waals surface area (Å²) in [6, 6.07) is 4.52. The number of thiol groups is 1. The number of amides is 2. The van der Waals surface area contributed by atoms with Crippen molar-refractivity contribution in [3.05, 3.63) is 40.7 Å². The maximum Gasteiger partial charge on any atom is 0.326 e. The van der Waals surface area contributed by atoms with E-state index >= 15 is 0 Å². The Morgan fingerprint density at radius 1 is 1.25 bits per heavy atom. The molecule has 0 saturated heterocycles. The highest BCUT2D eigenvalue weighted by Gasteiger charge is 2.44. The van der Waals surface area contributed by atoms with Crippen molar-refractivity contribution in [3.8, 4) is 11.3 Å². The van der Waals surface area contributed by atoms with Crippen LogP contribution in [0.1, 0.15) is 51.0 Å². The van der Waals surface area contributed by atoms with E-state index in [0.717, 1.165) is 30.5 Å². The van der Waals surface area contributed by atoms with Gasteiger partial charge in [0.05, 0.1) is 10.9 Å². The molecule has 0 spiro atoms. The number of thiophene rings is 1. The van der Waals surface area contributed by atoms with E-state index in [4.69, 9.17) is 0 Å². The van der Waals surface area contributed by atoms with E-state index in [1.807, 2.05) is 35.9 Å². The van der Waals surface area contributed by atoms with Crippen LogP contribution in [0.25, 0.3) is 11.3 Å². The molecule has 0 aromatic carbocycles. The molecule has 1 fully saturated rings. The molecule has 1 aliphatic rings. The number of rotatable bonds is 10. The van der Waals surface area contributed by atoms with Gasteiger partial charge in [0, 0.05) is 23.6 Å². The van der Waals surface area contributed by atoms with Crippen molar-refractivity contribution in [1.82, 2.24) is 15.6 Å². The summed E-state index contributed by atoms with van der Waals surface area (Å²) < 4.78 is 0. The predicted octanol–water partition coefficient (Wildman–Crippen LogP) is 3.45. The summed E-state index contributed by atoms with van der Waals surface area (Å²) >= 11 is 5.92. The Balaban J connectivity index is 1.69. The van der Waals surface area contributed by atoms with Gasteiger partial charge in [-0.15, -0.1) is 0 Å². The van der Waals surface area contributed by atoms with Crippen LogP contribution in [0.4, 0.5) is 0 Å². The van der Waals surface area contributed by atoms with Gasteiger partial charge in [-0.1, -0.05) is 32.3 Å². The Morgan fingerprint density at radius 3 is 2.56 bits per heavy atom. The summed E-state index contributed by atoms with van der Waals surface area (Å²) in [7, 11) is 0. The summed E-state index contributed by atoms with van der Waals surface area (Å²) in [5.41, 5.74) is 1.45. The molecule has 1 saturated carbocycles. The molecule has 0 bridgehead atoms. The number of carbonyl (C=O) groups excluding carboxylic acids is 2. The first-order chi connectivity index (χ1) is 15.3. The van der Waals surface area contributed by atoms with Crippen LogP contribution in [0, 0.1) is 0 Å². The zero-order valence-corrected chi connectivity index (χ0v) is 19.8. The Bertz CT molecular complexity index is 925. The monoisotopic (exact) mass is 475 g/mol. The lowest BCUT2D eigenvalue weighted by molar-refractivity contribution is -0.143. The summed E-state index contributed by atoms with van der Waals surface area (Å²) in [5.74, 6) is -1.86. The van der Waals surface area contributed by atoms with Gasteiger partial charge in [0.2, 0.25) is 11.8 Å². The van der Waals surface area contributed by atoms with Crippen molar-refractivity contribution < 1.29 is 19.5 Å². The van der Waals surface area contributed by atoms with Crippen LogP contribution >= 0.6 is 24.0 Å². The molecular formula is C23H29N3O4S2. The minimum absolute atomic E-state index is 0.104. The molecule has 7 nitrogen and oxygen atoms in total. The van der Waals surface area contributed by atoms with Crippen LogP contribution in [-0.4, -0.2) is 44.7 Å². The van der Waals surface area contributed by atoms with Crippen LogP contribution in [0.2, 0.25) is 0 Å². The first-order valence-electron chi connectivity index (χ1n) is 10.9. The quantitative estimate of drug-likeness (QED) is 0.394. The van der Waals surface area contributed by atoms with Crippen molar-refractivity contribution in [2.24, 2.45) is 0 Å². The molecule has 2 amide bonds. The molecule has 3 N–H and O–H groups in total. The van der Waals surface area contributed by atoms with E-state index in [9.17, 15) is 19.5 Å². The number of aliphatic carboxylic acids is 1. The first-order valence-corrected chi connectivity index (χ1v) is 12.3. The lowest BCUT2D eigenvalue weighted by Crippen LogP contribution is -2.61. The van der Waals surface area contributed by atoms with Crippen molar-refractivity contribution in [1.29, 1.82) is 0 Å². The largest absolute Gasteiger partial charge is 0.480 e. The molecule has 0 radical (unpaired) electrons. The van der Waals surface area contributed by atoms with Gasteiger partial charge in [-0.05, 0) is 42.3 Å². The lowest BCUT2D eigenvalue weighted by atomic mass is 9.94. The molecule has 2 atom stereocenters. The van der Waals surface area contributed by atoms with Gasteiger partial charge in [0.1, 0.15) is 11.6 Å². The first kappa shape index (κ1) is 24.3. The maximum absolute atomic E-state index is 13.2. The summed E-state index contributed by atoms with van der Waals surface area (Å²) in [5, 5.41) is 18.7. The average molecular weight is 476 g/mol. The number of nitrogens with one attached hydrogen (secondary N) is 2. The molecule has 9 heteroatoms. The molecule has 0 aliphatic heterocycles. The van der Waals surface area contributed by atoms with Crippen molar-refractivity contribution in [3.63, 3.8) is 0 Å². The zero-order valence-electron chi connectivity index (χ0n) is 18.0. The standard InChI is InChI=1S/C23H29N3O4S2/c1-2-5-19(31)20(27)26-23(9-3-4-10-23)22(30)25-18(21(28)29)12-15-6-7-17(24-13-15)16-8-11-32-14-16/h6-8,11,13-14,18-19,31H,2-5,9-10,12H2,1H3,(H,25,30)(H,26,27)(H,28,29)/t18?,19-/m1/s1. The van der Waals surface area contributed by atoms with E-state index in [1.165, 1.54) is 0 Å². The Kier molecular flexibility index (Phi) is 8.31. The van der Waals surface area contributed by atoms with E-state index in [2.05, 4.69) is 28.2 Å². The lowest BCUT2D eigenvalue weighted by Gasteiger charge is -2.31. The van der Waals surface area contributed by atoms with Crippen molar-refractivity contribution in [2.45, 2.75) is 68.7 Å². The van der Waals surface area contributed by atoms with Crippen molar-refractivity contribution >= 4 is 41.7 Å². The van der Waals surface area contributed by atoms with Gasteiger partial charge in [0.15, 0.2) is 0 Å². The predicted molar refractivity (Wildman–Crippen MR) is 128 cm³/mol. The molecule has 1 aliphatic carbocycles. The third-order valence-corrected chi connectivity index (χ3v) is 6.98. The Morgan fingerprint density at radius 2 is 2.00 bits per heavy atom. The molecule has 172 valence electrons. The third kappa shape index (κ3) is 5.89. The number of hydrogen-bond acceptors (Lipinski definition) is 6. The highest BCUT2D eigenvalue weighted by atomic mass is 32.1. The van der Waals surface area contributed by atoms with Gasteiger partial charge < -0.3 is 15.7 Å². The fraction of sp³-hybridized carbons (Fsp3) is 0.478. The van der Waals surface area contributed by atoms with Crippen LogP contribution in [-0.2, 0) is 20.8 Å². The van der Waals surface area contributed by atoms with Crippen LogP contribution in [0.5, 0.6) is 0 Å². The maximum atomic E-state index is 13.2. The number of aromatic nitrogens is 1. The van der Waals surface area contributed by atoms with E-state index in [-0.39, 0.29) is 12.3 Å². The van der Waals surface area contributed by atoms with Gasteiger partial charge in [-0.2, -0.15) is 24.0 Å². The molecule has 2 aromatic heterocycles. The summed E-state index contributed by atoms with van der Waals surface area (Å²) in [4.78, 5) is 42.0. The molecular weight excluding hydrogens is 446 g/mol.